The van der Waals surface area contributed by atoms with Gasteiger partial charge in [-0.05, 0) is 13.0 Å². The van der Waals surface area contributed by atoms with E-state index in [1.165, 1.54) is 12.4 Å². The molecule has 1 aromatic heterocycles. The molecule has 1 aliphatic rings. The normalized spacial score (nSPS) is 20.5. The van der Waals surface area contributed by atoms with Crippen molar-refractivity contribution in [2.75, 3.05) is 13.1 Å². The third-order valence-electron chi connectivity index (χ3n) is 1.88. The molecule has 0 spiro atoms. The highest BCUT2D eigenvalue weighted by Crippen LogP contribution is 2.23. The van der Waals surface area contributed by atoms with Crippen LogP contribution in [0.1, 0.15) is 6.42 Å². The third kappa shape index (κ3) is 3.08. The van der Waals surface area contributed by atoms with Crippen LogP contribution in [-0.2, 0) is 0 Å². The molecule has 3 nitrogen and oxygen atoms in total. The van der Waals surface area contributed by atoms with E-state index in [2.05, 4.69) is 15.3 Å². The first-order chi connectivity index (χ1) is 6.34. The Hall–Kier alpha value is -0.390. The molecule has 1 saturated heterocycles. The Bertz CT molecular complexity index is 276. The van der Waals surface area contributed by atoms with Crippen LogP contribution >= 0.6 is 24.2 Å². The predicted octanol–water partition coefficient (Wildman–Crippen LogP) is 1.49. The van der Waals surface area contributed by atoms with Gasteiger partial charge in [-0.3, -0.25) is 0 Å². The second kappa shape index (κ2) is 5.48. The standard InChI is InChI=1S/C8H10FN3S.ClH/c9-6-3-11-8(12-4-6)13-7-1-2-10-5-7;/h3-4,7,10H,1-2,5H2;1H. The molecule has 78 valence electrons. The SMILES string of the molecule is Cl.Fc1cnc(SC2CCNC2)nc1. The van der Waals surface area contributed by atoms with Crippen LogP contribution in [0.4, 0.5) is 4.39 Å². The quantitative estimate of drug-likeness (QED) is 0.789. The molecule has 1 fully saturated rings. The van der Waals surface area contributed by atoms with Crippen LogP contribution in [0.5, 0.6) is 0 Å². The summed E-state index contributed by atoms with van der Waals surface area (Å²) >= 11 is 1.61. The summed E-state index contributed by atoms with van der Waals surface area (Å²) in [6.07, 6.45) is 3.54. The number of nitrogens with one attached hydrogen (secondary N) is 1. The molecule has 6 heteroatoms. The Morgan fingerprint density at radius 2 is 2.14 bits per heavy atom. The van der Waals surface area contributed by atoms with Crippen molar-refractivity contribution in [2.45, 2.75) is 16.8 Å². The highest BCUT2D eigenvalue weighted by atomic mass is 35.5. The zero-order chi connectivity index (χ0) is 9.10. The first kappa shape index (κ1) is 11.7. The van der Waals surface area contributed by atoms with E-state index in [4.69, 9.17) is 0 Å². The molecule has 1 N–H and O–H groups in total. The molecule has 1 unspecified atom stereocenters. The minimum absolute atomic E-state index is 0. The average Bonchev–Trinajstić information content (AvgIpc) is 2.62. The topological polar surface area (TPSA) is 37.8 Å². The largest absolute Gasteiger partial charge is 0.316 e. The monoisotopic (exact) mass is 235 g/mol. The van der Waals surface area contributed by atoms with Gasteiger partial charge in [0.1, 0.15) is 0 Å². The molecule has 0 amide bonds. The summed E-state index contributed by atoms with van der Waals surface area (Å²) < 4.78 is 12.5. The van der Waals surface area contributed by atoms with Crippen LogP contribution in [0, 0.1) is 5.82 Å². The number of hydrogen-bond acceptors (Lipinski definition) is 4. The molecule has 2 rings (SSSR count). The Balaban J connectivity index is 0.000000980. The molecule has 0 radical (unpaired) electrons. The highest BCUT2D eigenvalue weighted by Gasteiger charge is 2.16. The van der Waals surface area contributed by atoms with Crippen molar-refractivity contribution >= 4 is 24.2 Å². The van der Waals surface area contributed by atoms with Gasteiger partial charge in [-0.15, -0.1) is 12.4 Å². The average molecular weight is 236 g/mol. The Kier molecular flexibility index (Phi) is 4.57. The van der Waals surface area contributed by atoms with Gasteiger partial charge in [0.2, 0.25) is 0 Å². The molecule has 0 aliphatic carbocycles. The molecule has 1 aliphatic heterocycles. The molecule has 14 heavy (non-hydrogen) atoms. The summed E-state index contributed by atoms with van der Waals surface area (Å²) in [7, 11) is 0. The van der Waals surface area contributed by atoms with Crippen LogP contribution in [0.3, 0.4) is 0 Å². The Morgan fingerprint density at radius 3 is 2.71 bits per heavy atom. The van der Waals surface area contributed by atoms with Crippen molar-refractivity contribution in [3.05, 3.63) is 18.2 Å². The molecule has 0 aromatic carbocycles. The fraction of sp³-hybridized carbons (Fsp3) is 0.500. The fourth-order valence-corrected chi connectivity index (χ4v) is 2.20. The van der Waals surface area contributed by atoms with Crippen molar-refractivity contribution in [2.24, 2.45) is 0 Å². The number of rotatable bonds is 2. The lowest BCUT2D eigenvalue weighted by Gasteiger charge is -2.04. The minimum Gasteiger partial charge on any atom is -0.316 e. The fourth-order valence-electron chi connectivity index (χ4n) is 1.24. The first-order valence-corrected chi connectivity index (χ1v) is 5.07. The summed E-state index contributed by atoms with van der Waals surface area (Å²) in [5.41, 5.74) is 0. The van der Waals surface area contributed by atoms with Gasteiger partial charge in [-0.1, -0.05) is 11.8 Å². The molecule has 1 atom stereocenters. The van der Waals surface area contributed by atoms with Crippen LogP contribution < -0.4 is 5.32 Å². The van der Waals surface area contributed by atoms with Gasteiger partial charge in [0.15, 0.2) is 11.0 Å². The molecular formula is C8H11ClFN3S. The summed E-state index contributed by atoms with van der Waals surface area (Å²) in [6.45, 7) is 2.05. The smallest absolute Gasteiger partial charge is 0.187 e. The van der Waals surface area contributed by atoms with Crippen molar-refractivity contribution in [1.82, 2.24) is 15.3 Å². The maximum absolute atomic E-state index is 12.5. The zero-order valence-electron chi connectivity index (χ0n) is 7.44. The van der Waals surface area contributed by atoms with E-state index >= 15 is 0 Å². The minimum atomic E-state index is -0.381. The van der Waals surface area contributed by atoms with E-state index in [9.17, 15) is 4.39 Å². The van der Waals surface area contributed by atoms with Crippen LogP contribution in [0.15, 0.2) is 17.6 Å². The number of thioether (sulfide) groups is 1. The number of halogens is 2. The highest BCUT2D eigenvalue weighted by molar-refractivity contribution is 7.99. The van der Waals surface area contributed by atoms with Crippen LogP contribution in [-0.4, -0.2) is 28.3 Å². The first-order valence-electron chi connectivity index (χ1n) is 4.19. The molecular weight excluding hydrogens is 225 g/mol. The van der Waals surface area contributed by atoms with Crippen molar-refractivity contribution in [3.8, 4) is 0 Å². The van der Waals surface area contributed by atoms with Crippen molar-refractivity contribution in [3.63, 3.8) is 0 Å². The maximum atomic E-state index is 12.5. The van der Waals surface area contributed by atoms with Crippen LogP contribution in [0.25, 0.3) is 0 Å². The van der Waals surface area contributed by atoms with Gasteiger partial charge in [0.05, 0.1) is 12.4 Å². The number of aromatic nitrogens is 2. The second-order valence-electron chi connectivity index (χ2n) is 2.92. The van der Waals surface area contributed by atoms with Gasteiger partial charge in [0, 0.05) is 11.8 Å². The van der Waals surface area contributed by atoms with Crippen LogP contribution in [0.2, 0.25) is 0 Å². The lowest BCUT2D eigenvalue weighted by molar-refractivity contribution is 0.605. The predicted molar refractivity (Wildman–Crippen MR) is 56.4 cm³/mol. The summed E-state index contributed by atoms with van der Waals surface area (Å²) in [6, 6.07) is 0. The summed E-state index contributed by atoms with van der Waals surface area (Å²) in [4.78, 5) is 7.78. The van der Waals surface area contributed by atoms with Gasteiger partial charge in [-0.25, -0.2) is 14.4 Å². The Labute approximate surface area is 92.3 Å². The molecule has 0 bridgehead atoms. The molecule has 0 saturated carbocycles. The van der Waals surface area contributed by atoms with Crippen molar-refractivity contribution in [1.29, 1.82) is 0 Å². The van der Waals surface area contributed by atoms with E-state index in [-0.39, 0.29) is 18.2 Å². The second-order valence-corrected chi connectivity index (χ2v) is 4.18. The van der Waals surface area contributed by atoms with Gasteiger partial charge < -0.3 is 5.32 Å². The maximum Gasteiger partial charge on any atom is 0.187 e. The molecule has 1 aromatic rings. The van der Waals surface area contributed by atoms with E-state index in [0.717, 1.165) is 19.5 Å². The summed E-state index contributed by atoms with van der Waals surface area (Å²) in [5, 5.41) is 4.45. The zero-order valence-corrected chi connectivity index (χ0v) is 9.08. The lowest BCUT2D eigenvalue weighted by atomic mass is 10.4. The summed E-state index contributed by atoms with van der Waals surface area (Å²) in [5.74, 6) is -0.381. The van der Waals surface area contributed by atoms with E-state index in [1.807, 2.05) is 0 Å². The van der Waals surface area contributed by atoms with E-state index in [1.54, 1.807) is 11.8 Å². The van der Waals surface area contributed by atoms with Gasteiger partial charge >= 0.3 is 0 Å². The number of hydrogen-bond donors (Lipinski definition) is 1. The van der Waals surface area contributed by atoms with E-state index < -0.39 is 0 Å². The van der Waals surface area contributed by atoms with Gasteiger partial charge in [0.25, 0.3) is 0 Å². The lowest BCUT2D eigenvalue weighted by Crippen LogP contribution is -2.10. The molecule has 2 heterocycles. The van der Waals surface area contributed by atoms with Crippen molar-refractivity contribution < 1.29 is 4.39 Å². The Morgan fingerprint density at radius 1 is 1.43 bits per heavy atom. The van der Waals surface area contributed by atoms with Gasteiger partial charge in [-0.2, -0.15) is 0 Å². The number of nitrogens with zero attached hydrogens (tertiary/aromatic N) is 2. The third-order valence-corrected chi connectivity index (χ3v) is 3.04. The van der Waals surface area contributed by atoms with E-state index in [0.29, 0.717) is 10.4 Å².